The fourth-order valence-corrected chi connectivity index (χ4v) is 9.37. The highest BCUT2D eigenvalue weighted by molar-refractivity contribution is 5.89. The number of carbonyl (C=O) groups is 5. The average molecular weight is 774 g/mol. The van der Waals surface area contributed by atoms with Crippen LogP contribution in [0.5, 0.6) is 0 Å². The Bertz CT molecular complexity index is 1870. The van der Waals surface area contributed by atoms with E-state index in [-0.39, 0.29) is 37.3 Å². The molecule has 0 saturated heterocycles. The van der Waals surface area contributed by atoms with Gasteiger partial charge < -0.3 is 33.7 Å². The first-order chi connectivity index (χ1) is 26.2. The van der Waals surface area contributed by atoms with Gasteiger partial charge in [0.2, 0.25) is 0 Å². The van der Waals surface area contributed by atoms with Crippen LogP contribution in [0.3, 0.4) is 0 Å². The third kappa shape index (κ3) is 8.18. The Morgan fingerprint density at radius 1 is 0.839 bits per heavy atom. The molecule has 0 spiro atoms. The summed E-state index contributed by atoms with van der Waals surface area (Å²) in [7, 11) is 3.75. The van der Waals surface area contributed by atoms with E-state index in [1.54, 1.807) is 58.0 Å². The molecule has 0 aromatic heterocycles. The van der Waals surface area contributed by atoms with Crippen molar-refractivity contribution in [3.8, 4) is 0 Å². The van der Waals surface area contributed by atoms with Gasteiger partial charge in [-0.1, -0.05) is 62.0 Å². The minimum Gasteiger partial charge on any atom is -0.462 e. The highest BCUT2D eigenvalue weighted by Crippen LogP contribution is 2.65. The van der Waals surface area contributed by atoms with E-state index >= 15 is 0 Å². The number of carbonyl (C=O) groups excluding carboxylic acids is 5. The maximum Gasteiger partial charge on any atom is 0.338 e. The maximum absolute atomic E-state index is 14.1. The van der Waals surface area contributed by atoms with Crippen molar-refractivity contribution < 1.29 is 52.8 Å². The molecular formula is C44H55NO11. The van der Waals surface area contributed by atoms with Crippen molar-refractivity contribution in [2.24, 2.45) is 16.7 Å². The summed E-state index contributed by atoms with van der Waals surface area (Å²) in [6.07, 6.45) is -5.36. The number of hydrogen-bond acceptors (Lipinski definition) is 12. The van der Waals surface area contributed by atoms with Crippen LogP contribution in [0, 0.1) is 16.7 Å². The summed E-state index contributed by atoms with van der Waals surface area (Å²) in [5.41, 5.74) is -1.66. The second-order valence-corrected chi connectivity index (χ2v) is 16.4. The normalized spacial score (nSPS) is 29.3. The quantitative estimate of drug-likeness (QED) is 0.160. The molecular weight excluding hydrogens is 718 g/mol. The summed E-state index contributed by atoms with van der Waals surface area (Å²) < 4.78 is 30.9. The van der Waals surface area contributed by atoms with Crippen LogP contribution < -0.4 is 0 Å². The molecule has 1 N–H and O–H groups in total. The van der Waals surface area contributed by atoms with E-state index in [4.69, 9.17) is 23.7 Å². The predicted molar refractivity (Wildman–Crippen MR) is 206 cm³/mol. The highest BCUT2D eigenvalue weighted by atomic mass is 16.6. The molecule has 0 amide bonds. The predicted octanol–water partition coefficient (Wildman–Crippen LogP) is 6.08. The van der Waals surface area contributed by atoms with E-state index in [0.29, 0.717) is 16.7 Å². The molecule has 56 heavy (non-hydrogen) atoms. The van der Waals surface area contributed by atoms with E-state index in [1.165, 1.54) is 20.8 Å². The van der Waals surface area contributed by atoms with Gasteiger partial charge in [0.1, 0.15) is 18.3 Å². The van der Waals surface area contributed by atoms with Crippen molar-refractivity contribution in [2.45, 2.75) is 116 Å². The lowest BCUT2D eigenvalue weighted by atomic mass is 9.56. The van der Waals surface area contributed by atoms with E-state index in [1.807, 2.05) is 49.3 Å². The largest absolute Gasteiger partial charge is 0.462 e. The maximum atomic E-state index is 14.1. The molecule has 0 bridgehead atoms. The van der Waals surface area contributed by atoms with Crippen LogP contribution in [0.2, 0.25) is 0 Å². The Morgan fingerprint density at radius 2 is 1.41 bits per heavy atom. The second kappa shape index (κ2) is 16.3. The van der Waals surface area contributed by atoms with Crippen LogP contribution in [-0.4, -0.2) is 90.1 Å². The van der Waals surface area contributed by atoms with Gasteiger partial charge in [-0.25, -0.2) is 4.79 Å². The van der Waals surface area contributed by atoms with Gasteiger partial charge in [0.05, 0.1) is 23.0 Å². The van der Waals surface area contributed by atoms with Crippen LogP contribution in [0.25, 0.3) is 0 Å². The number of rotatable bonds is 11. The number of hydrogen-bond donors (Lipinski definition) is 1. The van der Waals surface area contributed by atoms with Crippen LogP contribution in [0.15, 0.2) is 84.0 Å². The van der Waals surface area contributed by atoms with Gasteiger partial charge in [-0.05, 0) is 81.6 Å². The first kappa shape index (κ1) is 42.3. The number of fused-ring (bicyclic) bond motifs is 2. The Balaban J connectivity index is 1.70. The SMILES string of the molecule is C=C1[C@H]2C[C@]3(C(C)(C)O)C[C@H](OC(C)=O)C(C)=C3[C@@H](OC(=O)c3ccccc3)[C@@H](OC(C)=O)[C@]2(C)[C@H](OC(C)=O)C[C@H]1OC(=O)C[C@@H](c1ccccc1)N(C)C. The topological polar surface area (TPSA) is 155 Å². The number of ether oxygens (including phenoxy) is 5. The van der Waals surface area contributed by atoms with Crippen molar-refractivity contribution in [2.75, 3.05) is 14.1 Å². The van der Waals surface area contributed by atoms with E-state index in [0.717, 1.165) is 5.56 Å². The Kier molecular flexibility index (Phi) is 12.4. The van der Waals surface area contributed by atoms with Crippen LogP contribution >= 0.6 is 0 Å². The lowest BCUT2D eigenvalue weighted by Gasteiger charge is -2.53. The van der Waals surface area contributed by atoms with Crippen molar-refractivity contribution in [3.05, 3.63) is 95.1 Å². The van der Waals surface area contributed by atoms with Crippen molar-refractivity contribution in [1.82, 2.24) is 4.90 Å². The van der Waals surface area contributed by atoms with Gasteiger partial charge in [0.15, 0.2) is 12.2 Å². The lowest BCUT2D eigenvalue weighted by molar-refractivity contribution is -0.198. The number of nitrogens with zero attached hydrogens (tertiary/aromatic N) is 1. The summed E-state index contributed by atoms with van der Waals surface area (Å²) in [5, 5.41) is 12.3. The van der Waals surface area contributed by atoms with Crippen LogP contribution in [0.4, 0.5) is 0 Å². The zero-order valence-corrected chi connectivity index (χ0v) is 33.8. The standard InChI is InChI=1S/C44H55NO11/c1-25-32-23-44(42(6,7)51)24-35(52-27(3)46)26(2)38(44)39(56-41(50)31-19-15-12-16-20-31)40(54-29(5)48)43(32,8)36(53-28(4)47)22-34(25)55-37(49)21-33(45(9)10)30-17-13-11-14-18-30/h11-20,32-36,39-40,51H,1,21-24H2,2-10H3/t32-,33+,34-,35+,36-,39-,40-,43+,44+/m1/s1. The Labute approximate surface area is 329 Å². The molecule has 3 aliphatic rings. The third-order valence-electron chi connectivity index (χ3n) is 12.2. The van der Waals surface area contributed by atoms with Gasteiger partial charge in [0, 0.05) is 45.1 Å². The van der Waals surface area contributed by atoms with E-state index in [2.05, 4.69) is 6.58 Å². The molecule has 5 rings (SSSR count). The summed E-state index contributed by atoms with van der Waals surface area (Å²) in [6, 6.07) is 17.6. The zero-order chi connectivity index (χ0) is 41.3. The monoisotopic (exact) mass is 773 g/mol. The second-order valence-electron chi connectivity index (χ2n) is 16.4. The molecule has 0 heterocycles. The summed E-state index contributed by atoms with van der Waals surface area (Å²) >= 11 is 0. The molecule has 2 aromatic rings. The molecule has 9 atom stereocenters. The van der Waals surface area contributed by atoms with Crippen LogP contribution in [-0.2, 0) is 42.9 Å². The number of esters is 5. The first-order valence-corrected chi connectivity index (χ1v) is 19.0. The smallest absolute Gasteiger partial charge is 0.338 e. The van der Waals surface area contributed by atoms with Gasteiger partial charge in [-0.2, -0.15) is 0 Å². The molecule has 0 aliphatic heterocycles. The van der Waals surface area contributed by atoms with Crippen molar-refractivity contribution >= 4 is 29.8 Å². The number of aliphatic hydroxyl groups is 1. The van der Waals surface area contributed by atoms with Gasteiger partial charge in [-0.3, -0.25) is 19.2 Å². The Hall–Kier alpha value is -4.81. The van der Waals surface area contributed by atoms with Gasteiger partial charge in [-0.15, -0.1) is 0 Å². The fourth-order valence-electron chi connectivity index (χ4n) is 9.37. The molecule has 302 valence electrons. The van der Waals surface area contributed by atoms with Gasteiger partial charge in [0.25, 0.3) is 0 Å². The molecule has 2 fully saturated rings. The third-order valence-corrected chi connectivity index (χ3v) is 12.2. The van der Waals surface area contributed by atoms with E-state index in [9.17, 15) is 29.1 Å². The molecule has 2 saturated carbocycles. The fraction of sp³-hybridized carbons (Fsp3) is 0.523. The molecule has 2 aromatic carbocycles. The minimum atomic E-state index is -1.57. The minimum absolute atomic E-state index is 0.0122. The molecule has 12 heteroatoms. The molecule has 12 nitrogen and oxygen atoms in total. The first-order valence-electron chi connectivity index (χ1n) is 19.0. The van der Waals surface area contributed by atoms with Crippen LogP contribution in [0.1, 0.15) is 96.1 Å². The molecule has 0 radical (unpaired) electrons. The summed E-state index contributed by atoms with van der Waals surface area (Å²) in [4.78, 5) is 68.5. The Morgan fingerprint density at radius 3 is 1.95 bits per heavy atom. The summed E-state index contributed by atoms with van der Waals surface area (Å²) in [5.74, 6) is -3.89. The zero-order valence-electron chi connectivity index (χ0n) is 33.8. The summed E-state index contributed by atoms with van der Waals surface area (Å²) in [6.45, 7) is 15.1. The van der Waals surface area contributed by atoms with E-state index < -0.39 is 82.7 Å². The molecule has 3 aliphatic carbocycles. The number of benzene rings is 2. The molecule has 0 unspecified atom stereocenters. The average Bonchev–Trinajstić information content (AvgIpc) is 3.35. The lowest BCUT2D eigenvalue weighted by Crippen LogP contribution is -2.60. The van der Waals surface area contributed by atoms with Gasteiger partial charge >= 0.3 is 29.8 Å². The van der Waals surface area contributed by atoms with Crippen molar-refractivity contribution in [1.29, 1.82) is 0 Å². The highest BCUT2D eigenvalue weighted by Gasteiger charge is 2.69. The van der Waals surface area contributed by atoms with Crippen molar-refractivity contribution in [3.63, 3.8) is 0 Å².